The Hall–Kier alpha value is -4.62. The first-order chi connectivity index (χ1) is 22.5. The average molecular weight is 668 g/mol. The summed E-state index contributed by atoms with van der Waals surface area (Å²) in [5.41, 5.74) is 1.91. The lowest BCUT2D eigenvalue weighted by atomic mass is 9.96. The number of halogens is 3. The van der Waals surface area contributed by atoms with Gasteiger partial charge in [0.25, 0.3) is 11.8 Å². The van der Waals surface area contributed by atoms with E-state index in [9.17, 15) is 14.4 Å². The van der Waals surface area contributed by atoms with E-state index in [1.54, 1.807) is 36.6 Å². The third-order valence-electron chi connectivity index (χ3n) is 8.53. The van der Waals surface area contributed by atoms with Crippen LogP contribution in [0.5, 0.6) is 0 Å². The number of likely N-dealkylation sites (tertiary alicyclic amines) is 1. The van der Waals surface area contributed by atoms with E-state index >= 15 is 8.78 Å². The van der Waals surface area contributed by atoms with Crippen molar-refractivity contribution in [2.75, 3.05) is 38.7 Å². The maximum Gasteiger partial charge on any atom is 0.291 e. The topological polar surface area (TPSA) is 123 Å². The van der Waals surface area contributed by atoms with Crippen LogP contribution in [-0.2, 0) is 23.1 Å². The molecule has 5 rings (SSSR count). The molecule has 0 radical (unpaired) electrons. The third kappa shape index (κ3) is 7.20. The SMILES string of the molecule is COCCn1ncc(-c2ccc(-c3cnc(C(=O)Nc4ccc(C(=O)NCC5CCN(C(C)=O)CC5)c(Cl)c4)n3C)c(F)c2F)c1C. The number of hydrogen-bond acceptors (Lipinski definition) is 6. The van der Waals surface area contributed by atoms with Gasteiger partial charge in [0.15, 0.2) is 17.5 Å². The Labute approximate surface area is 275 Å². The summed E-state index contributed by atoms with van der Waals surface area (Å²) in [6, 6.07) is 7.43. The van der Waals surface area contributed by atoms with Gasteiger partial charge < -0.3 is 24.8 Å². The number of carbonyl (C=O) groups excluding carboxylic acids is 3. The monoisotopic (exact) mass is 667 g/mol. The summed E-state index contributed by atoms with van der Waals surface area (Å²) in [6.07, 6.45) is 4.40. The average Bonchev–Trinajstić information content (AvgIpc) is 3.61. The number of methoxy groups -OCH3 is 1. The highest BCUT2D eigenvalue weighted by Crippen LogP contribution is 2.33. The molecule has 1 aliphatic heterocycles. The molecule has 2 aromatic heterocycles. The Bertz CT molecular complexity index is 1810. The Morgan fingerprint density at radius 1 is 1.02 bits per heavy atom. The van der Waals surface area contributed by atoms with Crippen LogP contribution in [0.3, 0.4) is 0 Å². The van der Waals surface area contributed by atoms with Crippen molar-refractivity contribution < 1.29 is 27.9 Å². The summed E-state index contributed by atoms with van der Waals surface area (Å²) >= 11 is 6.40. The Kier molecular flexibility index (Phi) is 10.4. The zero-order valence-electron chi connectivity index (χ0n) is 26.6. The van der Waals surface area contributed by atoms with E-state index in [2.05, 4.69) is 20.7 Å². The number of benzene rings is 2. The Morgan fingerprint density at radius 3 is 2.40 bits per heavy atom. The molecule has 0 saturated carbocycles. The largest absolute Gasteiger partial charge is 0.383 e. The van der Waals surface area contributed by atoms with E-state index in [0.717, 1.165) is 12.8 Å². The van der Waals surface area contributed by atoms with Gasteiger partial charge in [0.1, 0.15) is 0 Å². The van der Waals surface area contributed by atoms with Crippen molar-refractivity contribution in [1.82, 2.24) is 29.5 Å². The van der Waals surface area contributed by atoms with Gasteiger partial charge in [-0.2, -0.15) is 5.10 Å². The van der Waals surface area contributed by atoms with Gasteiger partial charge in [-0.1, -0.05) is 17.7 Å². The molecule has 3 amide bonds. The third-order valence-corrected chi connectivity index (χ3v) is 8.85. The number of amides is 3. The molecule has 14 heteroatoms. The summed E-state index contributed by atoms with van der Waals surface area (Å²) in [6.45, 7) is 6.03. The van der Waals surface area contributed by atoms with Crippen LogP contribution in [-0.4, -0.2) is 75.3 Å². The number of rotatable bonds is 10. The fraction of sp³-hybridized carbons (Fsp3) is 0.364. The van der Waals surface area contributed by atoms with E-state index in [0.29, 0.717) is 49.7 Å². The maximum atomic E-state index is 15.4. The van der Waals surface area contributed by atoms with Crippen molar-refractivity contribution in [3.63, 3.8) is 0 Å². The second-order valence-electron chi connectivity index (χ2n) is 11.5. The molecule has 47 heavy (non-hydrogen) atoms. The number of piperidine rings is 1. The van der Waals surface area contributed by atoms with Crippen molar-refractivity contribution in [1.29, 1.82) is 0 Å². The number of anilines is 1. The van der Waals surface area contributed by atoms with Crippen LogP contribution < -0.4 is 10.6 Å². The number of nitrogens with one attached hydrogen (secondary N) is 2. The standard InChI is InChI=1S/C33H36ClF2N7O4/c1-19-26(17-39-43(19)13-14-47-4)23-7-8-25(30(36)29(23)35)28-18-37-31(41(28)3)33(46)40-22-5-6-24(27(34)15-22)32(45)38-16-21-9-11-42(12-10-21)20(2)44/h5-8,15,17-18,21H,9-14,16H2,1-4H3,(H,38,45)(H,40,46). The normalized spacial score (nSPS) is 13.6. The van der Waals surface area contributed by atoms with E-state index in [1.807, 2.05) is 0 Å². The molecule has 1 aliphatic rings. The first kappa shape index (κ1) is 33.7. The number of carbonyl (C=O) groups is 3. The van der Waals surface area contributed by atoms with Crippen molar-refractivity contribution in [3.8, 4) is 22.4 Å². The first-order valence-corrected chi connectivity index (χ1v) is 15.5. The lowest BCUT2D eigenvalue weighted by Crippen LogP contribution is -2.40. The molecule has 3 heterocycles. The fourth-order valence-electron chi connectivity index (χ4n) is 5.69. The van der Waals surface area contributed by atoms with Crippen LogP contribution in [0.1, 0.15) is 46.4 Å². The van der Waals surface area contributed by atoms with Gasteiger partial charge in [-0.3, -0.25) is 19.1 Å². The van der Waals surface area contributed by atoms with E-state index in [1.165, 1.54) is 48.3 Å². The molecular weight excluding hydrogens is 632 g/mol. The van der Waals surface area contributed by atoms with Gasteiger partial charge in [-0.25, -0.2) is 13.8 Å². The van der Waals surface area contributed by atoms with Gasteiger partial charge in [0.05, 0.1) is 41.8 Å². The Balaban J connectivity index is 1.24. The summed E-state index contributed by atoms with van der Waals surface area (Å²) in [5, 5.41) is 9.99. The summed E-state index contributed by atoms with van der Waals surface area (Å²) < 4.78 is 38.9. The number of nitrogens with zero attached hydrogens (tertiary/aromatic N) is 5. The minimum Gasteiger partial charge on any atom is -0.383 e. The molecule has 1 fully saturated rings. The zero-order valence-corrected chi connectivity index (χ0v) is 27.3. The first-order valence-electron chi connectivity index (χ1n) is 15.2. The second kappa shape index (κ2) is 14.4. The lowest BCUT2D eigenvalue weighted by molar-refractivity contribution is -0.130. The quantitative estimate of drug-likeness (QED) is 0.243. The van der Waals surface area contributed by atoms with Crippen molar-refractivity contribution >= 4 is 35.0 Å². The van der Waals surface area contributed by atoms with Gasteiger partial charge in [0.2, 0.25) is 5.91 Å². The van der Waals surface area contributed by atoms with Gasteiger partial charge in [-0.05, 0) is 49.9 Å². The predicted molar refractivity (Wildman–Crippen MR) is 173 cm³/mol. The molecule has 0 atom stereocenters. The number of ether oxygens (including phenoxy) is 1. The summed E-state index contributed by atoms with van der Waals surface area (Å²) in [7, 11) is 3.10. The fourth-order valence-corrected chi connectivity index (χ4v) is 5.95. The summed E-state index contributed by atoms with van der Waals surface area (Å²) in [4.78, 5) is 43.4. The smallest absolute Gasteiger partial charge is 0.291 e. The molecule has 11 nitrogen and oxygen atoms in total. The lowest BCUT2D eigenvalue weighted by Gasteiger charge is -2.31. The van der Waals surface area contributed by atoms with Crippen LogP contribution >= 0.6 is 11.6 Å². The predicted octanol–water partition coefficient (Wildman–Crippen LogP) is 5.08. The van der Waals surface area contributed by atoms with E-state index < -0.39 is 17.5 Å². The van der Waals surface area contributed by atoms with E-state index in [-0.39, 0.29) is 51.0 Å². The molecule has 248 valence electrons. The zero-order chi connectivity index (χ0) is 33.8. The molecule has 2 aromatic carbocycles. The van der Waals surface area contributed by atoms with Gasteiger partial charge >= 0.3 is 0 Å². The second-order valence-corrected chi connectivity index (χ2v) is 11.9. The molecule has 2 N–H and O–H groups in total. The van der Waals surface area contributed by atoms with Crippen LogP contribution in [0, 0.1) is 24.5 Å². The van der Waals surface area contributed by atoms with Gasteiger partial charge in [0, 0.05) is 68.8 Å². The molecule has 0 aliphatic carbocycles. The number of imidazole rings is 1. The van der Waals surface area contributed by atoms with Crippen LogP contribution in [0.15, 0.2) is 42.7 Å². The number of aromatic nitrogens is 4. The highest BCUT2D eigenvalue weighted by Gasteiger charge is 2.24. The van der Waals surface area contributed by atoms with Crippen LogP contribution in [0.4, 0.5) is 14.5 Å². The van der Waals surface area contributed by atoms with Gasteiger partial charge in [-0.15, -0.1) is 0 Å². The maximum absolute atomic E-state index is 15.4. The van der Waals surface area contributed by atoms with E-state index in [4.69, 9.17) is 16.3 Å². The Morgan fingerprint density at radius 2 is 1.72 bits per heavy atom. The van der Waals surface area contributed by atoms with Crippen molar-refractivity contribution in [2.45, 2.75) is 33.2 Å². The highest BCUT2D eigenvalue weighted by molar-refractivity contribution is 6.34. The molecule has 0 unspecified atom stereocenters. The molecular formula is C33H36ClF2N7O4. The molecule has 0 spiro atoms. The number of hydrogen-bond donors (Lipinski definition) is 2. The molecule has 1 saturated heterocycles. The van der Waals surface area contributed by atoms with Crippen molar-refractivity contribution in [3.05, 3.63) is 76.5 Å². The van der Waals surface area contributed by atoms with Crippen molar-refractivity contribution in [2.24, 2.45) is 13.0 Å². The highest BCUT2D eigenvalue weighted by atomic mass is 35.5. The minimum atomic E-state index is -1.08. The molecule has 0 bridgehead atoms. The summed E-state index contributed by atoms with van der Waals surface area (Å²) in [5.74, 6) is -2.80. The van der Waals surface area contributed by atoms with Crippen LogP contribution in [0.25, 0.3) is 22.4 Å². The molecule has 4 aromatic rings. The minimum absolute atomic E-state index is 0.0482. The van der Waals surface area contributed by atoms with Crippen LogP contribution in [0.2, 0.25) is 5.02 Å².